The van der Waals surface area contributed by atoms with Crippen molar-refractivity contribution in [3.8, 4) is 0 Å². The van der Waals surface area contributed by atoms with E-state index in [1.165, 1.54) is 6.07 Å². The first kappa shape index (κ1) is 14.5. The van der Waals surface area contributed by atoms with E-state index in [-0.39, 0.29) is 20.0 Å². The van der Waals surface area contributed by atoms with Crippen molar-refractivity contribution in [1.82, 2.24) is 0 Å². The molecule has 0 aliphatic carbocycles. The smallest absolute Gasteiger partial charge is 0.319 e. The van der Waals surface area contributed by atoms with Crippen molar-refractivity contribution in [2.75, 3.05) is 5.32 Å². The van der Waals surface area contributed by atoms with Crippen LogP contribution >= 0.6 is 27.3 Å². The van der Waals surface area contributed by atoms with E-state index in [0.717, 1.165) is 18.2 Å². The Bertz CT molecular complexity index is 705. The van der Waals surface area contributed by atoms with Gasteiger partial charge in [0, 0.05) is 12.1 Å². The van der Waals surface area contributed by atoms with Gasteiger partial charge >= 0.3 is 5.00 Å². The number of thiophene rings is 1. The maximum absolute atomic E-state index is 13.5. The zero-order valence-electron chi connectivity index (χ0n) is 9.52. The number of carbonyl (C=O) groups excluding carboxylic acids is 1. The van der Waals surface area contributed by atoms with E-state index in [9.17, 15) is 23.7 Å². The fourth-order valence-corrected chi connectivity index (χ4v) is 2.38. The molecular weight excluding hydrogens is 358 g/mol. The molecule has 104 valence electrons. The molecule has 20 heavy (non-hydrogen) atoms. The van der Waals surface area contributed by atoms with Crippen molar-refractivity contribution in [2.24, 2.45) is 0 Å². The maximum Gasteiger partial charge on any atom is 0.324 e. The summed E-state index contributed by atoms with van der Waals surface area (Å²) in [6, 6.07) is 4.10. The lowest BCUT2D eigenvalue weighted by atomic mass is 10.3. The maximum atomic E-state index is 13.5. The van der Waals surface area contributed by atoms with Gasteiger partial charge in [-0.05, 0) is 28.1 Å². The largest absolute Gasteiger partial charge is 0.324 e. The second kappa shape index (κ2) is 5.63. The van der Waals surface area contributed by atoms with Crippen LogP contribution in [0.15, 0.2) is 28.7 Å². The molecule has 0 radical (unpaired) electrons. The lowest BCUT2D eigenvalue weighted by molar-refractivity contribution is -0.380. The molecular formula is C11H5BrF2N2O3S. The Balaban J connectivity index is 2.23. The van der Waals surface area contributed by atoms with Crippen molar-refractivity contribution in [2.45, 2.75) is 0 Å². The van der Waals surface area contributed by atoms with Gasteiger partial charge < -0.3 is 5.32 Å². The molecule has 5 nitrogen and oxygen atoms in total. The van der Waals surface area contributed by atoms with Gasteiger partial charge in [0.05, 0.1) is 20.0 Å². The van der Waals surface area contributed by atoms with E-state index in [1.807, 2.05) is 0 Å². The highest BCUT2D eigenvalue weighted by Gasteiger charge is 2.17. The Morgan fingerprint density at radius 1 is 1.30 bits per heavy atom. The van der Waals surface area contributed by atoms with Gasteiger partial charge in [0.2, 0.25) is 0 Å². The lowest BCUT2D eigenvalue weighted by Crippen LogP contribution is -2.11. The van der Waals surface area contributed by atoms with E-state index in [4.69, 9.17) is 0 Å². The van der Waals surface area contributed by atoms with Gasteiger partial charge in [-0.2, -0.15) is 0 Å². The first-order chi connectivity index (χ1) is 9.38. The summed E-state index contributed by atoms with van der Waals surface area (Å²) in [5.74, 6) is -2.31. The molecule has 0 spiro atoms. The van der Waals surface area contributed by atoms with Crippen LogP contribution in [0.2, 0.25) is 0 Å². The predicted octanol–water partition coefficient (Wildman–Crippen LogP) is 3.95. The summed E-state index contributed by atoms with van der Waals surface area (Å²) in [5.41, 5.74) is -0.341. The minimum atomic E-state index is -0.822. The minimum Gasteiger partial charge on any atom is -0.319 e. The molecule has 1 amide bonds. The zero-order valence-corrected chi connectivity index (χ0v) is 11.9. The SMILES string of the molecule is O=C(Nc1cc(F)c(Br)cc1F)c1ccc([N+](=O)[O-])s1. The van der Waals surface area contributed by atoms with Gasteiger partial charge in [-0.3, -0.25) is 14.9 Å². The average Bonchev–Trinajstić information content (AvgIpc) is 2.85. The number of nitrogens with zero attached hydrogens (tertiary/aromatic N) is 1. The van der Waals surface area contributed by atoms with E-state index >= 15 is 0 Å². The third kappa shape index (κ3) is 2.99. The standard InChI is InChI=1S/C11H5BrF2N2O3S/c12-5-3-7(14)8(4-6(5)13)15-11(17)9-1-2-10(20-9)16(18)19/h1-4H,(H,15,17). The number of halogens is 3. The van der Waals surface area contributed by atoms with Crippen molar-refractivity contribution >= 4 is 43.9 Å². The van der Waals surface area contributed by atoms with Gasteiger partial charge in [0.15, 0.2) is 0 Å². The highest BCUT2D eigenvalue weighted by atomic mass is 79.9. The highest BCUT2D eigenvalue weighted by Crippen LogP contribution is 2.27. The van der Waals surface area contributed by atoms with Crippen molar-refractivity contribution in [1.29, 1.82) is 0 Å². The fraction of sp³-hybridized carbons (Fsp3) is 0. The molecule has 1 heterocycles. The predicted molar refractivity (Wildman–Crippen MR) is 73.0 cm³/mol. The number of rotatable bonds is 3. The summed E-state index contributed by atoms with van der Waals surface area (Å²) >= 11 is 3.45. The van der Waals surface area contributed by atoms with Crippen LogP contribution in [0.4, 0.5) is 19.5 Å². The molecule has 1 aromatic carbocycles. The third-order valence-electron chi connectivity index (χ3n) is 2.25. The quantitative estimate of drug-likeness (QED) is 0.510. The van der Waals surface area contributed by atoms with Gasteiger partial charge in [0.25, 0.3) is 5.91 Å². The molecule has 1 N–H and O–H groups in total. The van der Waals surface area contributed by atoms with Gasteiger partial charge in [-0.15, -0.1) is 0 Å². The summed E-state index contributed by atoms with van der Waals surface area (Å²) in [4.78, 5) is 21.7. The highest BCUT2D eigenvalue weighted by molar-refractivity contribution is 9.10. The number of hydrogen-bond donors (Lipinski definition) is 1. The van der Waals surface area contributed by atoms with Crippen LogP contribution in [0, 0.1) is 21.7 Å². The number of anilines is 1. The Labute approximate surface area is 123 Å². The van der Waals surface area contributed by atoms with Crippen LogP contribution < -0.4 is 5.32 Å². The average molecular weight is 363 g/mol. The van der Waals surface area contributed by atoms with Crippen molar-refractivity contribution < 1.29 is 18.5 Å². The summed E-state index contributed by atoms with van der Waals surface area (Å²) in [5, 5.41) is 12.5. The van der Waals surface area contributed by atoms with Crippen LogP contribution in [0.5, 0.6) is 0 Å². The summed E-state index contributed by atoms with van der Waals surface area (Å²) in [7, 11) is 0. The van der Waals surface area contributed by atoms with Crippen LogP contribution in [0.25, 0.3) is 0 Å². The van der Waals surface area contributed by atoms with Gasteiger partial charge in [-0.1, -0.05) is 11.3 Å². The monoisotopic (exact) mass is 362 g/mol. The number of hydrogen-bond acceptors (Lipinski definition) is 4. The lowest BCUT2D eigenvalue weighted by Gasteiger charge is -2.06. The summed E-state index contributed by atoms with van der Waals surface area (Å²) in [6.45, 7) is 0. The van der Waals surface area contributed by atoms with E-state index in [2.05, 4.69) is 21.2 Å². The number of nitro groups is 1. The summed E-state index contributed by atoms with van der Waals surface area (Å²) in [6.07, 6.45) is 0. The molecule has 0 aliphatic rings. The van der Waals surface area contributed by atoms with E-state index in [0.29, 0.717) is 11.3 Å². The molecule has 0 saturated heterocycles. The van der Waals surface area contributed by atoms with Crippen molar-refractivity contribution in [3.63, 3.8) is 0 Å². The zero-order chi connectivity index (χ0) is 14.9. The topological polar surface area (TPSA) is 72.2 Å². The molecule has 0 saturated carbocycles. The molecule has 1 aromatic heterocycles. The van der Waals surface area contributed by atoms with E-state index < -0.39 is 22.5 Å². The molecule has 9 heteroatoms. The number of amides is 1. The fourth-order valence-electron chi connectivity index (χ4n) is 1.35. The van der Waals surface area contributed by atoms with Crippen LogP contribution in [-0.2, 0) is 0 Å². The molecule has 0 fully saturated rings. The first-order valence-electron chi connectivity index (χ1n) is 5.08. The van der Waals surface area contributed by atoms with Crippen LogP contribution in [0.3, 0.4) is 0 Å². The van der Waals surface area contributed by atoms with Gasteiger partial charge in [-0.25, -0.2) is 8.78 Å². The number of benzene rings is 1. The molecule has 0 atom stereocenters. The minimum absolute atomic E-state index is 0.0272. The van der Waals surface area contributed by atoms with Crippen LogP contribution in [-0.4, -0.2) is 10.8 Å². The van der Waals surface area contributed by atoms with Crippen LogP contribution in [0.1, 0.15) is 9.67 Å². The first-order valence-corrected chi connectivity index (χ1v) is 6.69. The molecule has 0 bridgehead atoms. The third-order valence-corrected chi connectivity index (χ3v) is 3.90. The molecule has 2 aromatic rings. The molecule has 2 rings (SSSR count). The summed E-state index contributed by atoms with van der Waals surface area (Å²) < 4.78 is 26.7. The normalized spacial score (nSPS) is 10.3. The number of nitrogens with one attached hydrogen (secondary N) is 1. The second-order valence-corrected chi connectivity index (χ2v) is 5.51. The Morgan fingerprint density at radius 3 is 2.60 bits per heavy atom. The Kier molecular flexibility index (Phi) is 4.09. The van der Waals surface area contributed by atoms with Crippen molar-refractivity contribution in [3.05, 3.63) is 55.4 Å². The number of carbonyl (C=O) groups is 1. The second-order valence-electron chi connectivity index (χ2n) is 3.60. The Morgan fingerprint density at radius 2 is 2.00 bits per heavy atom. The molecule has 0 unspecified atom stereocenters. The van der Waals surface area contributed by atoms with E-state index in [1.54, 1.807) is 0 Å². The Hall–Kier alpha value is -1.87. The molecule has 0 aliphatic heterocycles. The van der Waals surface area contributed by atoms with Gasteiger partial charge in [0.1, 0.15) is 11.6 Å².